The molecule has 0 fully saturated rings. The van der Waals surface area contributed by atoms with E-state index in [1.54, 1.807) is 0 Å². The maximum Gasteiger partial charge on any atom is 0.276 e. The first kappa shape index (κ1) is 9.41. The van der Waals surface area contributed by atoms with Gasteiger partial charge in [-0.2, -0.15) is 0 Å². The summed E-state index contributed by atoms with van der Waals surface area (Å²) >= 11 is 0. The van der Waals surface area contributed by atoms with Gasteiger partial charge in [0, 0.05) is 14.1 Å². The van der Waals surface area contributed by atoms with E-state index in [0.29, 0.717) is 0 Å². The van der Waals surface area contributed by atoms with Crippen molar-refractivity contribution in [2.45, 2.75) is 0 Å². The van der Waals surface area contributed by atoms with Crippen LogP contribution in [0.5, 0.6) is 0 Å². The third kappa shape index (κ3) is 2.24. The van der Waals surface area contributed by atoms with Crippen molar-refractivity contribution in [2.75, 3.05) is 14.1 Å². The molecule has 4 N–H and O–H groups in total. The summed E-state index contributed by atoms with van der Waals surface area (Å²) in [6.07, 6.45) is 0. The zero-order chi connectivity index (χ0) is 8.85. The van der Waals surface area contributed by atoms with E-state index in [0.717, 1.165) is 0 Å². The minimum atomic E-state index is -0.574. The van der Waals surface area contributed by atoms with E-state index in [4.69, 9.17) is 10.9 Å². The number of nitrogens with one attached hydrogen (secondary N) is 1. The fourth-order valence-electron chi connectivity index (χ4n) is 0.437. The molecule has 0 aromatic heterocycles. The first-order valence-corrected chi connectivity index (χ1v) is 2.84. The summed E-state index contributed by atoms with van der Waals surface area (Å²) in [5.74, 6) is -0.678. The molecule has 6 heteroatoms. The Kier molecular flexibility index (Phi) is 3.65. The van der Waals surface area contributed by atoms with Crippen molar-refractivity contribution < 1.29 is 10.0 Å². The minimum Gasteiger partial charge on any atom is -0.410 e. The lowest BCUT2D eigenvalue weighted by molar-refractivity contribution is -0.114. The fraction of sp³-hybridized carbons (Fsp3) is 0.400. The molecular weight excluding hydrogens is 148 g/mol. The number of amidine groups is 1. The molecular formula is C5H10N4O2. The van der Waals surface area contributed by atoms with Crippen LogP contribution in [0.2, 0.25) is 0 Å². The number of nitrogens with zero attached hydrogens (tertiary/aromatic N) is 2. The highest BCUT2D eigenvalue weighted by Gasteiger charge is 2.13. The molecule has 0 radical (unpaired) electrons. The fourth-order valence-corrected chi connectivity index (χ4v) is 0.437. The zero-order valence-electron chi connectivity index (χ0n) is 6.33. The van der Waals surface area contributed by atoms with E-state index in [9.17, 15) is 4.79 Å². The first-order chi connectivity index (χ1) is 5.17. The lowest BCUT2D eigenvalue weighted by atomic mass is 10.3. The number of hydrogen-bond acceptors (Lipinski definition) is 4. The monoisotopic (exact) mass is 158 g/mol. The Labute approximate surface area is 63.8 Å². The Morgan fingerprint density at radius 2 is 2.18 bits per heavy atom. The molecule has 11 heavy (non-hydrogen) atoms. The van der Waals surface area contributed by atoms with Gasteiger partial charge in [-0.15, -0.1) is 0 Å². The van der Waals surface area contributed by atoms with Crippen molar-refractivity contribution in [3.8, 4) is 0 Å². The topological polar surface area (TPSA) is 100 Å². The van der Waals surface area contributed by atoms with E-state index >= 15 is 0 Å². The van der Waals surface area contributed by atoms with E-state index < -0.39 is 5.91 Å². The van der Waals surface area contributed by atoms with Crippen LogP contribution in [0, 0.1) is 0 Å². The smallest absolute Gasteiger partial charge is 0.276 e. The lowest BCUT2D eigenvalue weighted by Gasteiger charge is -1.99. The number of hydrogen-bond donors (Lipinski definition) is 3. The predicted octanol–water partition coefficient (Wildman–Crippen LogP) is -1.45. The first-order valence-electron chi connectivity index (χ1n) is 2.84. The average Bonchev–Trinajstić information content (AvgIpc) is 2.05. The van der Waals surface area contributed by atoms with Crippen molar-refractivity contribution in [1.82, 2.24) is 5.32 Å². The third-order valence-corrected chi connectivity index (χ3v) is 1.03. The highest BCUT2D eigenvalue weighted by atomic mass is 16.4. The molecule has 0 aromatic carbocycles. The summed E-state index contributed by atoms with van der Waals surface area (Å²) in [5.41, 5.74) is 4.92. The van der Waals surface area contributed by atoms with E-state index in [2.05, 4.69) is 15.5 Å². The Morgan fingerprint density at radius 1 is 1.64 bits per heavy atom. The standard InChI is InChI=1S/C5H10N4O2/c1-7-4(6)3(9-11)5(10)8-2/h11H,1-2H3,(H2,6,7)(H,8,10)/b9-3-. The average molecular weight is 158 g/mol. The summed E-state index contributed by atoms with van der Waals surface area (Å²) < 4.78 is 0. The second kappa shape index (κ2) is 4.26. The van der Waals surface area contributed by atoms with Crippen LogP contribution in [0.3, 0.4) is 0 Å². The van der Waals surface area contributed by atoms with Crippen molar-refractivity contribution in [3.05, 3.63) is 0 Å². The molecule has 0 atom stereocenters. The molecule has 0 spiro atoms. The van der Waals surface area contributed by atoms with Gasteiger partial charge in [0.1, 0.15) is 0 Å². The Balaban J connectivity index is 4.57. The van der Waals surface area contributed by atoms with Crippen LogP contribution in [-0.4, -0.2) is 36.8 Å². The van der Waals surface area contributed by atoms with Gasteiger partial charge < -0.3 is 16.3 Å². The molecule has 0 heterocycles. The summed E-state index contributed by atoms with van der Waals surface area (Å²) in [7, 11) is 2.79. The molecule has 6 nitrogen and oxygen atoms in total. The van der Waals surface area contributed by atoms with E-state index in [1.807, 2.05) is 0 Å². The number of amides is 1. The van der Waals surface area contributed by atoms with Gasteiger partial charge in [0.05, 0.1) is 0 Å². The van der Waals surface area contributed by atoms with Crippen molar-refractivity contribution in [3.63, 3.8) is 0 Å². The molecule has 0 unspecified atom stereocenters. The van der Waals surface area contributed by atoms with Gasteiger partial charge >= 0.3 is 0 Å². The summed E-state index contributed by atoms with van der Waals surface area (Å²) in [5, 5.41) is 13.2. The molecule has 0 rings (SSSR count). The van der Waals surface area contributed by atoms with Gasteiger partial charge in [0.2, 0.25) is 5.71 Å². The number of carbonyl (C=O) groups is 1. The summed E-state index contributed by atoms with van der Waals surface area (Å²) in [4.78, 5) is 14.3. The molecule has 1 amide bonds. The van der Waals surface area contributed by atoms with Gasteiger partial charge in [-0.05, 0) is 0 Å². The minimum absolute atomic E-state index is 0.105. The molecule has 0 saturated heterocycles. The zero-order valence-corrected chi connectivity index (χ0v) is 6.33. The summed E-state index contributed by atoms with van der Waals surface area (Å²) in [6, 6.07) is 0. The van der Waals surface area contributed by atoms with Crippen molar-refractivity contribution in [2.24, 2.45) is 15.9 Å². The van der Waals surface area contributed by atoms with Crippen LogP contribution in [0.1, 0.15) is 0 Å². The van der Waals surface area contributed by atoms with Crippen LogP contribution in [-0.2, 0) is 4.79 Å². The number of rotatable bonds is 2. The Bertz CT molecular complexity index is 209. The van der Waals surface area contributed by atoms with Crippen molar-refractivity contribution >= 4 is 17.5 Å². The highest BCUT2D eigenvalue weighted by molar-refractivity contribution is 6.66. The molecule has 0 aliphatic carbocycles. The van der Waals surface area contributed by atoms with Crippen molar-refractivity contribution in [1.29, 1.82) is 0 Å². The maximum absolute atomic E-state index is 10.8. The Morgan fingerprint density at radius 3 is 2.45 bits per heavy atom. The van der Waals surface area contributed by atoms with Crippen LogP contribution in [0.25, 0.3) is 0 Å². The summed E-state index contributed by atoms with van der Waals surface area (Å²) in [6.45, 7) is 0. The SMILES string of the molecule is CN=C(N)/C(=N/O)C(=O)NC. The number of nitrogens with two attached hydrogens (primary N) is 1. The second-order valence-electron chi connectivity index (χ2n) is 1.64. The van der Waals surface area contributed by atoms with Crippen LogP contribution >= 0.6 is 0 Å². The van der Waals surface area contributed by atoms with Gasteiger partial charge in [-0.1, -0.05) is 5.16 Å². The molecule has 0 saturated carbocycles. The molecule has 0 bridgehead atoms. The largest absolute Gasteiger partial charge is 0.410 e. The molecule has 62 valence electrons. The number of aliphatic imine (C=N–C) groups is 1. The number of carbonyl (C=O) groups excluding carboxylic acids is 1. The highest BCUT2D eigenvalue weighted by Crippen LogP contribution is 1.78. The predicted molar refractivity (Wildman–Crippen MR) is 40.8 cm³/mol. The molecule has 0 aliphatic heterocycles. The number of oxime groups is 1. The van der Waals surface area contributed by atoms with Crippen LogP contribution in [0.15, 0.2) is 10.1 Å². The Hall–Kier alpha value is -1.59. The van der Waals surface area contributed by atoms with E-state index in [-0.39, 0.29) is 11.5 Å². The maximum atomic E-state index is 10.8. The van der Waals surface area contributed by atoms with Gasteiger partial charge in [-0.3, -0.25) is 9.79 Å². The van der Waals surface area contributed by atoms with Gasteiger partial charge in [0.25, 0.3) is 5.91 Å². The van der Waals surface area contributed by atoms with Crippen LogP contribution in [0.4, 0.5) is 0 Å². The van der Waals surface area contributed by atoms with E-state index in [1.165, 1.54) is 14.1 Å². The quantitative estimate of drug-likeness (QED) is 0.198. The van der Waals surface area contributed by atoms with Gasteiger partial charge in [-0.25, -0.2) is 0 Å². The normalized spacial score (nSPS) is 12.9. The van der Waals surface area contributed by atoms with Crippen LogP contribution < -0.4 is 11.1 Å². The van der Waals surface area contributed by atoms with Gasteiger partial charge in [0.15, 0.2) is 5.84 Å². The molecule has 0 aliphatic rings. The lowest BCUT2D eigenvalue weighted by Crippen LogP contribution is -2.37. The third-order valence-electron chi connectivity index (χ3n) is 1.03. The second-order valence-corrected chi connectivity index (χ2v) is 1.64. The molecule has 0 aromatic rings.